The molecule has 25 heavy (non-hydrogen) atoms. The second kappa shape index (κ2) is 6.55. The van der Waals surface area contributed by atoms with Crippen molar-refractivity contribution in [2.45, 2.75) is 57.0 Å². The number of carbonyl (C=O) groups excluding carboxylic acids is 1. The van der Waals surface area contributed by atoms with Crippen molar-refractivity contribution in [3.63, 3.8) is 0 Å². The monoisotopic (exact) mass is 334 g/mol. The third-order valence-corrected chi connectivity index (χ3v) is 5.98. The highest BCUT2D eigenvalue weighted by molar-refractivity contribution is 5.90. The Morgan fingerprint density at radius 1 is 1.04 bits per heavy atom. The fourth-order valence-electron chi connectivity index (χ4n) is 4.79. The van der Waals surface area contributed by atoms with Gasteiger partial charge in [-0.3, -0.25) is 0 Å². The van der Waals surface area contributed by atoms with E-state index in [1.807, 2.05) is 30.3 Å². The smallest absolute Gasteiger partial charge is 0.315 e. The predicted octanol–water partition coefficient (Wildman–Crippen LogP) is 5.54. The number of nitrogens with zero attached hydrogens (tertiary/aromatic N) is 1. The molecule has 1 N–H and O–H groups in total. The standard InChI is InChI=1S/C22H26N2O/c1-17-15-22(13-7-8-14-22)24(16-18-9-5-6-12-20(17)18)21(25)23-19-10-3-2-4-11-19/h2-6,9-12,17H,7-8,13-16H2,1H3,(H,23,25)/t17-/m0/s1. The maximum absolute atomic E-state index is 13.2. The normalized spacial score (nSPS) is 21.6. The van der Waals surface area contributed by atoms with Crippen molar-refractivity contribution in [1.82, 2.24) is 4.90 Å². The van der Waals surface area contributed by atoms with Crippen LogP contribution in [0.3, 0.4) is 0 Å². The van der Waals surface area contributed by atoms with E-state index >= 15 is 0 Å². The van der Waals surface area contributed by atoms with Crippen molar-refractivity contribution < 1.29 is 4.79 Å². The van der Waals surface area contributed by atoms with Gasteiger partial charge >= 0.3 is 6.03 Å². The van der Waals surface area contributed by atoms with Gasteiger partial charge in [-0.2, -0.15) is 0 Å². The molecule has 3 heteroatoms. The quantitative estimate of drug-likeness (QED) is 0.729. The Morgan fingerprint density at radius 3 is 2.48 bits per heavy atom. The summed E-state index contributed by atoms with van der Waals surface area (Å²) < 4.78 is 0. The third-order valence-electron chi connectivity index (χ3n) is 5.98. The van der Waals surface area contributed by atoms with Crippen molar-refractivity contribution in [1.29, 1.82) is 0 Å². The van der Waals surface area contributed by atoms with Crippen LogP contribution in [0, 0.1) is 0 Å². The molecule has 0 saturated heterocycles. The molecule has 0 unspecified atom stereocenters. The van der Waals surface area contributed by atoms with Crippen LogP contribution in [-0.2, 0) is 6.54 Å². The first-order valence-corrected chi connectivity index (χ1v) is 9.39. The Morgan fingerprint density at radius 2 is 1.72 bits per heavy atom. The molecule has 3 nitrogen and oxygen atoms in total. The Balaban J connectivity index is 1.68. The largest absolute Gasteiger partial charge is 0.322 e. The van der Waals surface area contributed by atoms with E-state index in [0.29, 0.717) is 12.5 Å². The number of hydrogen-bond donors (Lipinski definition) is 1. The lowest BCUT2D eigenvalue weighted by atomic mass is 9.83. The highest BCUT2D eigenvalue weighted by Gasteiger charge is 2.45. The minimum Gasteiger partial charge on any atom is -0.315 e. The number of hydrogen-bond acceptors (Lipinski definition) is 1. The average molecular weight is 334 g/mol. The number of rotatable bonds is 1. The molecule has 1 fully saturated rings. The van der Waals surface area contributed by atoms with Crippen LogP contribution in [-0.4, -0.2) is 16.5 Å². The van der Waals surface area contributed by atoms with Gasteiger partial charge in [-0.05, 0) is 48.4 Å². The number of benzene rings is 2. The molecular weight excluding hydrogens is 308 g/mol. The first kappa shape index (κ1) is 16.2. The van der Waals surface area contributed by atoms with Crippen LogP contribution in [0.15, 0.2) is 54.6 Å². The number of carbonyl (C=O) groups is 1. The average Bonchev–Trinajstić information content (AvgIpc) is 3.05. The Hall–Kier alpha value is -2.29. The minimum absolute atomic E-state index is 0.00268. The zero-order valence-corrected chi connectivity index (χ0v) is 14.9. The summed E-state index contributed by atoms with van der Waals surface area (Å²) >= 11 is 0. The fraction of sp³-hybridized carbons (Fsp3) is 0.409. The third kappa shape index (κ3) is 3.04. The maximum Gasteiger partial charge on any atom is 0.322 e. The summed E-state index contributed by atoms with van der Waals surface area (Å²) in [7, 11) is 0. The molecule has 0 aromatic heterocycles. The second-order valence-corrected chi connectivity index (χ2v) is 7.62. The van der Waals surface area contributed by atoms with Crippen molar-refractivity contribution in [2.24, 2.45) is 0 Å². The molecule has 1 aliphatic carbocycles. The van der Waals surface area contributed by atoms with Crippen LogP contribution in [0.1, 0.15) is 56.1 Å². The Bertz CT molecular complexity index is 750. The summed E-state index contributed by atoms with van der Waals surface area (Å²) in [6.45, 7) is 3.02. The summed E-state index contributed by atoms with van der Waals surface area (Å²) in [5.74, 6) is 0.490. The van der Waals surface area contributed by atoms with Crippen molar-refractivity contribution in [3.8, 4) is 0 Å². The molecule has 2 aromatic rings. The van der Waals surface area contributed by atoms with Gasteiger partial charge in [0.1, 0.15) is 0 Å². The summed E-state index contributed by atoms with van der Waals surface area (Å²) in [5, 5.41) is 3.12. The molecule has 130 valence electrons. The van der Waals surface area contributed by atoms with Gasteiger partial charge in [-0.15, -0.1) is 0 Å². The highest BCUT2D eigenvalue weighted by Crippen LogP contribution is 2.46. The molecule has 1 saturated carbocycles. The zero-order chi connectivity index (χ0) is 17.3. The molecule has 1 atom stereocenters. The number of nitrogens with one attached hydrogen (secondary N) is 1. The van der Waals surface area contributed by atoms with Crippen molar-refractivity contribution in [3.05, 3.63) is 65.7 Å². The number of para-hydroxylation sites is 1. The van der Waals surface area contributed by atoms with Crippen LogP contribution < -0.4 is 5.32 Å². The molecular formula is C22H26N2O. The van der Waals surface area contributed by atoms with Crippen molar-refractivity contribution >= 4 is 11.7 Å². The summed E-state index contributed by atoms with van der Waals surface area (Å²) in [6.07, 6.45) is 5.74. The second-order valence-electron chi connectivity index (χ2n) is 7.62. The van der Waals surface area contributed by atoms with Gasteiger partial charge in [0.05, 0.1) is 0 Å². The van der Waals surface area contributed by atoms with E-state index in [9.17, 15) is 4.79 Å². The van der Waals surface area contributed by atoms with Crippen LogP contribution in [0.2, 0.25) is 0 Å². The number of anilines is 1. The molecule has 0 bridgehead atoms. The van der Waals surface area contributed by atoms with Gasteiger partial charge in [0.25, 0.3) is 0 Å². The zero-order valence-electron chi connectivity index (χ0n) is 14.9. The van der Waals surface area contributed by atoms with Crippen LogP contribution in [0.5, 0.6) is 0 Å². The van der Waals surface area contributed by atoms with Crippen LogP contribution in [0.4, 0.5) is 10.5 Å². The summed E-state index contributed by atoms with van der Waals surface area (Å²) in [4.78, 5) is 15.3. The SMILES string of the molecule is C[C@H]1CC2(CCCC2)N(C(=O)Nc2ccccc2)Cc2ccccc21. The van der Waals surface area contributed by atoms with E-state index in [2.05, 4.69) is 41.4 Å². The Labute approximate surface area is 150 Å². The molecule has 1 aliphatic heterocycles. The predicted molar refractivity (Wildman–Crippen MR) is 102 cm³/mol. The van der Waals surface area contributed by atoms with Gasteiger partial charge in [-0.25, -0.2) is 4.79 Å². The summed E-state index contributed by atoms with van der Waals surface area (Å²) in [5.41, 5.74) is 3.56. The molecule has 1 spiro atoms. The first-order valence-electron chi connectivity index (χ1n) is 9.39. The molecule has 4 rings (SSSR count). The van der Waals surface area contributed by atoms with E-state index in [4.69, 9.17) is 0 Å². The number of urea groups is 1. The van der Waals surface area contributed by atoms with E-state index in [0.717, 1.165) is 24.9 Å². The lowest BCUT2D eigenvalue weighted by Gasteiger charge is -2.41. The topological polar surface area (TPSA) is 32.3 Å². The van der Waals surface area contributed by atoms with Crippen LogP contribution in [0.25, 0.3) is 0 Å². The van der Waals surface area contributed by atoms with E-state index in [1.54, 1.807) is 0 Å². The summed E-state index contributed by atoms with van der Waals surface area (Å²) in [6, 6.07) is 18.5. The minimum atomic E-state index is -0.00268. The highest BCUT2D eigenvalue weighted by atomic mass is 16.2. The molecule has 2 aliphatic rings. The van der Waals surface area contributed by atoms with Gasteiger partial charge < -0.3 is 10.2 Å². The van der Waals surface area contributed by atoms with Gasteiger partial charge in [0, 0.05) is 17.8 Å². The maximum atomic E-state index is 13.2. The lowest BCUT2D eigenvalue weighted by molar-refractivity contribution is 0.111. The van der Waals surface area contributed by atoms with E-state index in [-0.39, 0.29) is 11.6 Å². The van der Waals surface area contributed by atoms with Crippen LogP contribution >= 0.6 is 0 Å². The fourth-order valence-corrected chi connectivity index (χ4v) is 4.79. The van der Waals surface area contributed by atoms with Gasteiger partial charge in [-0.1, -0.05) is 62.2 Å². The van der Waals surface area contributed by atoms with E-state index in [1.165, 1.54) is 24.0 Å². The number of amides is 2. The van der Waals surface area contributed by atoms with Crippen molar-refractivity contribution in [2.75, 3.05) is 5.32 Å². The Kier molecular flexibility index (Phi) is 4.24. The molecule has 2 amide bonds. The lowest BCUT2D eigenvalue weighted by Crippen LogP contribution is -2.51. The van der Waals surface area contributed by atoms with Gasteiger partial charge in [0.2, 0.25) is 0 Å². The molecule has 2 aromatic carbocycles. The molecule has 1 heterocycles. The molecule has 0 radical (unpaired) electrons. The van der Waals surface area contributed by atoms with Gasteiger partial charge in [0.15, 0.2) is 0 Å². The number of fused-ring (bicyclic) bond motifs is 1. The first-order chi connectivity index (χ1) is 12.2. The van der Waals surface area contributed by atoms with E-state index < -0.39 is 0 Å².